The molecule has 8 nitrogen and oxygen atoms in total. The molecule has 0 fully saturated rings. The van der Waals surface area contributed by atoms with Gasteiger partial charge in [0.05, 0.1) is 17.1 Å². The number of thioether (sulfide) groups is 1. The summed E-state index contributed by atoms with van der Waals surface area (Å²) in [5.74, 6) is 0.148. The number of ketones is 1. The van der Waals surface area contributed by atoms with Crippen LogP contribution >= 0.6 is 11.8 Å². The Morgan fingerprint density at radius 1 is 1.23 bits per heavy atom. The van der Waals surface area contributed by atoms with E-state index in [1.54, 1.807) is 45.0 Å². The summed E-state index contributed by atoms with van der Waals surface area (Å²) in [4.78, 5) is 36.1. The first kappa shape index (κ1) is 22.8. The van der Waals surface area contributed by atoms with Gasteiger partial charge in [-0.05, 0) is 12.1 Å². The van der Waals surface area contributed by atoms with Gasteiger partial charge in [0.2, 0.25) is 0 Å². The number of non-ortho nitro benzene ring substituents is 1. The third-order valence-electron chi connectivity index (χ3n) is 4.64. The fourth-order valence-electron chi connectivity index (χ4n) is 2.84. The van der Waals surface area contributed by atoms with Crippen molar-refractivity contribution in [2.24, 2.45) is 5.41 Å². The number of carbonyl (C=O) groups excluding carboxylic acids is 2. The molecule has 0 saturated heterocycles. The highest BCUT2D eigenvalue weighted by Gasteiger charge is 2.24. The SMILES string of the molecule is CC(C)(C)C(=O)COC(=O)c1ccccc1SCc1cc([N+](=O)[O-])cc2c1OCOC2. The van der Waals surface area contributed by atoms with Gasteiger partial charge in [-0.25, -0.2) is 4.79 Å². The third kappa shape index (κ3) is 5.62. The molecule has 0 unspecified atom stereocenters. The van der Waals surface area contributed by atoms with Gasteiger partial charge in [-0.2, -0.15) is 0 Å². The molecule has 9 heteroatoms. The molecule has 0 amide bonds. The first-order valence-corrected chi connectivity index (χ1v) is 10.6. The van der Waals surface area contributed by atoms with Crippen molar-refractivity contribution in [2.45, 2.75) is 38.0 Å². The maximum atomic E-state index is 12.6. The number of rotatable bonds is 7. The zero-order chi connectivity index (χ0) is 22.6. The van der Waals surface area contributed by atoms with Crippen LogP contribution in [0.25, 0.3) is 0 Å². The van der Waals surface area contributed by atoms with Crippen LogP contribution < -0.4 is 4.74 Å². The average Bonchev–Trinajstić information content (AvgIpc) is 2.74. The molecule has 2 aromatic carbocycles. The molecule has 2 aromatic rings. The van der Waals surface area contributed by atoms with Gasteiger partial charge in [0.25, 0.3) is 5.69 Å². The van der Waals surface area contributed by atoms with E-state index in [9.17, 15) is 19.7 Å². The number of nitro benzene ring substituents is 1. The lowest BCUT2D eigenvalue weighted by molar-refractivity contribution is -0.385. The second-order valence-corrected chi connectivity index (χ2v) is 9.01. The Morgan fingerprint density at radius 2 is 1.97 bits per heavy atom. The predicted molar refractivity (Wildman–Crippen MR) is 114 cm³/mol. The Labute approximate surface area is 184 Å². The van der Waals surface area contributed by atoms with Crippen LogP contribution in [0.15, 0.2) is 41.3 Å². The topological polar surface area (TPSA) is 105 Å². The second kappa shape index (κ2) is 9.49. The Bertz CT molecular complexity index is 1010. The fraction of sp³-hybridized carbons (Fsp3) is 0.364. The van der Waals surface area contributed by atoms with Crippen LogP contribution in [0, 0.1) is 15.5 Å². The highest BCUT2D eigenvalue weighted by atomic mass is 32.2. The Kier molecular flexibility index (Phi) is 6.97. The van der Waals surface area contributed by atoms with Gasteiger partial charge >= 0.3 is 5.97 Å². The van der Waals surface area contributed by atoms with Crippen LogP contribution in [0.5, 0.6) is 5.75 Å². The van der Waals surface area contributed by atoms with Gasteiger partial charge in [0.15, 0.2) is 19.2 Å². The van der Waals surface area contributed by atoms with Gasteiger partial charge in [-0.15, -0.1) is 11.8 Å². The predicted octanol–water partition coefficient (Wildman–Crippen LogP) is 4.53. The maximum Gasteiger partial charge on any atom is 0.339 e. The molecule has 0 aliphatic carbocycles. The first-order valence-electron chi connectivity index (χ1n) is 9.60. The Balaban J connectivity index is 1.78. The van der Waals surface area contributed by atoms with Gasteiger partial charge in [-0.3, -0.25) is 14.9 Å². The quantitative estimate of drug-likeness (QED) is 0.265. The van der Waals surface area contributed by atoms with E-state index in [4.69, 9.17) is 14.2 Å². The Hall–Kier alpha value is -2.91. The number of hydrogen-bond acceptors (Lipinski definition) is 8. The van der Waals surface area contributed by atoms with Crippen LogP contribution in [0.1, 0.15) is 42.3 Å². The molecule has 0 atom stereocenters. The molecule has 0 aromatic heterocycles. The molecular weight excluding hydrogens is 422 g/mol. The van der Waals surface area contributed by atoms with Gasteiger partial charge < -0.3 is 14.2 Å². The molecular formula is C22H23NO7S. The molecule has 3 rings (SSSR count). The molecule has 0 saturated carbocycles. The smallest absolute Gasteiger partial charge is 0.339 e. The van der Waals surface area contributed by atoms with Crippen LogP contribution in [-0.2, 0) is 26.6 Å². The van der Waals surface area contributed by atoms with Gasteiger partial charge in [0.1, 0.15) is 5.75 Å². The summed E-state index contributed by atoms with van der Waals surface area (Å²) < 4.78 is 16.0. The maximum absolute atomic E-state index is 12.6. The molecule has 0 N–H and O–H groups in total. The van der Waals surface area contributed by atoms with Crippen LogP contribution in [0.3, 0.4) is 0 Å². The van der Waals surface area contributed by atoms with Crippen molar-refractivity contribution in [3.05, 3.63) is 63.2 Å². The molecule has 1 aliphatic rings. The lowest BCUT2D eigenvalue weighted by Gasteiger charge is -2.20. The molecule has 1 heterocycles. The zero-order valence-corrected chi connectivity index (χ0v) is 18.3. The van der Waals surface area contributed by atoms with Crippen molar-refractivity contribution in [1.82, 2.24) is 0 Å². The van der Waals surface area contributed by atoms with Crippen LogP contribution in [-0.4, -0.2) is 30.1 Å². The first-order chi connectivity index (χ1) is 14.7. The number of benzene rings is 2. The van der Waals surface area contributed by atoms with E-state index in [0.717, 1.165) is 0 Å². The number of fused-ring (bicyclic) bond motifs is 1. The number of Topliss-reactive ketones (excluding diaryl/α,β-unsaturated/α-hetero) is 1. The van der Waals surface area contributed by atoms with E-state index in [2.05, 4.69) is 0 Å². The summed E-state index contributed by atoms with van der Waals surface area (Å²) >= 11 is 1.33. The number of nitrogens with zero attached hydrogens (tertiary/aromatic N) is 1. The molecule has 1 aliphatic heterocycles. The molecule has 0 radical (unpaired) electrons. The van der Waals surface area contributed by atoms with Crippen molar-refractivity contribution < 1.29 is 28.7 Å². The molecule has 0 spiro atoms. The number of esters is 1. The largest absolute Gasteiger partial charge is 0.467 e. The summed E-state index contributed by atoms with van der Waals surface area (Å²) in [5.41, 5.74) is 0.946. The van der Waals surface area contributed by atoms with E-state index < -0.39 is 16.3 Å². The van der Waals surface area contributed by atoms with Crippen molar-refractivity contribution >= 4 is 29.2 Å². The minimum atomic E-state index is -0.598. The standard InChI is InChI=1S/C22H23NO7S/c1-22(2,3)19(24)11-29-21(25)17-6-4-5-7-18(17)31-12-15-9-16(23(26)27)8-14-10-28-13-30-20(14)15/h4-9H,10-13H2,1-3H3. The Morgan fingerprint density at radius 3 is 2.68 bits per heavy atom. The lowest BCUT2D eigenvalue weighted by atomic mass is 9.91. The summed E-state index contributed by atoms with van der Waals surface area (Å²) in [6, 6.07) is 9.80. The minimum absolute atomic E-state index is 0.0446. The van der Waals surface area contributed by atoms with E-state index in [-0.39, 0.29) is 31.5 Å². The van der Waals surface area contributed by atoms with Crippen molar-refractivity contribution in [2.75, 3.05) is 13.4 Å². The highest BCUT2D eigenvalue weighted by Crippen LogP contribution is 2.37. The number of ether oxygens (including phenoxy) is 3. The van der Waals surface area contributed by atoms with Crippen LogP contribution in [0.2, 0.25) is 0 Å². The normalized spacial score (nSPS) is 13.1. The number of carbonyl (C=O) groups is 2. The van der Waals surface area contributed by atoms with Crippen molar-refractivity contribution in [1.29, 1.82) is 0 Å². The van der Waals surface area contributed by atoms with E-state index in [1.807, 2.05) is 0 Å². The molecule has 0 bridgehead atoms. The monoisotopic (exact) mass is 445 g/mol. The van der Waals surface area contributed by atoms with E-state index in [1.165, 1.54) is 23.9 Å². The van der Waals surface area contributed by atoms with Crippen LogP contribution in [0.4, 0.5) is 5.69 Å². The molecule has 164 valence electrons. The molecule has 31 heavy (non-hydrogen) atoms. The van der Waals surface area contributed by atoms with E-state index in [0.29, 0.717) is 33.1 Å². The summed E-state index contributed by atoms with van der Waals surface area (Å²) in [6.07, 6.45) is 0. The third-order valence-corrected chi connectivity index (χ3v) is 5.77. The summed E-state index contributed by atoms with van der Waals surface area (Å²) in [6.45, 7) is 5.31. The van der Waals surface area contributed by atoms with E-state index >= 15 is 0 Å². The fourth-order valence-corrected chi connectivity index (χ4v) is 3.84. The highest BCUT2D eigenvalue weighted by molar-refractivity contribution is 7.98. The average molecular weight is 445 g/mol. The lowest BCUT2D eigenvalue weighted by Crippen LogP contribution is -2.26. The van der Waals surface area contributed by atoms with Crippen molar-refractivity contribution in [3.8, 4) is 5.75 Å². The summed E-state index contributed by atoms with van der Waals surface area (Å²) in [7, 11) is 0. The number of hydrogen-bond donors (Lipinski definition) is 0. The zero-order valence-electron chi connectivity index (χ0n) is 17.5. The second-order valence-electron chi connectivity index (χ2n) is 8.00. The number of nitro groups is 1. The van der Waals surface area contributed by atoms with Gasteiger partial charge in [0, 0.05) is 39.3 Å². The van der Waals surface area contributed by atoms with Crippen molar-refractivity contribution in [3.63, 3.8) is 0 Å². The summed E-state index contributed by atoms with van der Waals surface area (Å²) in [5, 5.41) is 11.3. The van der Waals surface area contributed by atoms with Gasteiger partial charge in [-0.1, -0.05) is 32.9 Å². The minimum Gasteiger partial charge on any atom is -0.467 e.